The minimum absolute atomic E-state index is 0.205. The van der Waals surface area contributed by atoms with E-state index in [9.17, 15) is 14.4 Å². The fraction of sp³-hybridized carbons (Fsp3) is 0.261. The minimum atomic E-state index is -0.450. The van der Waals surface area contributed by atoms with Crippen LogP contribution < -0.4 is 15.4 Å². The molecule has 0 fully saturated rings. The fourth-order valence-corrected chi connectivity index (χ4v) is 2.48. The number of hydrogen-bond acceptors (Lipinski definition) is 4. The monoisotopic (exact) mass is 394 g/mol. The lowest BCUT2D eigenvalue weighted by molar-refractivity contribution is -0.131. The summed E-state index contributed by atoms with van der Waals surface area (Å²) in [6.07, 6.45) is 1.58. The van der Waals surface area contributed by atoms with Gasteiger partial charge in [0.2, 0.25) is 5.91 Å². The number of benzene rings is 2. The highest BCUT2D eigenvalue weighted by Gasteiger charge is 2.10. The van der Waals surface area contributed by atoms with Gasteiger partial charge in [-0.3, -0.25) is 14.4 Å². The number of carbonyl (C=O) groups is 3. The van der Waals surface area contributed by atoms with E-state index >= 15 is 0 Å². The third kappa shape index (κ3) is 6.92. The molecular weight excluding hydrogens is 368 g/mol. The molecule has 0 aliphatic rings. The first-order valence-corrected chi connectivity index (χ1v) is 9.40. The molecule has 0 heterocycles. The van der Waals surface area contributed by atoms with Crippen LogP contribution in [0.25, 0.3) is 0 Å². The van der Waals surface area contributed by atoms with E-state index in [1.54, 1.807) is 30.3 Å². The molecule has 0 spiro atoms. The molecule has 2 aromatic rings. The average Bonchev–Trinajstić information content (AvgIpc) is 2.66. The number of nitrogens with one attached hydrogen (secondary N) is 2. The van der Waals surface area contributed by atoms with E-state index in [4.69, 9.17) is 4.74 Å². The van der Waals surface area contributed by atoms with Crippen molar-refractivity contribution in [1.29, 1.82) is 0 Å². The summed E-state index contributed by atoms with van der Waals surface area (Å²) in [5.41, 5.74) is 2.78. The van der Waals surface area contributed by atoms with Gasteiger partial charge < -0.3 is 15.4 Å². The number of allylic oxidation sites excluding steroid dienone is 1. The smallest absolute Gasteiger partial charge is 0.308 e. The largest absolute Gasteiger partial charge is 0.427 e. The second kappa shape index (κ2) is 10.2. The van der Waals surface area contributed by atoms with Crippen LogP contribution in [0.1, 0.15) is 43.6 Å². The first-order chi connectivity index (χ1) is 13.8. The maximum Gasteiger partial charge on any atom is 0.308 e. The highest BCUT2D eigenvalue weighted by Crippen LogP contribution is 2.17. The standard InChI is InChI=1S/C23H26N2O4/c1-15(2)16(3)12-22(27)25-21-11-6-5-8-19(21)14-24-23(28)18-9-7-10-20(13-18)29-17(4)26/h5-13,15H,14H2,1-4H3,(H,24,28)(H,25,27)/b16-12+. The Morgan fingerprint density at radius 2 is 1.76 bits per heavy atom. The summed E-state index contributed by atoms with van der Waals surface area (Å²) in [6, 6.07) is 13.7. The Kier molecular flexibility index (Phi) is 7.71. The Labute approximate surface area is 171 Å². The molecule has 0 aliphatic heterocycles. The van der Waals surface area contributed by atoms with E-state index in [-0.39, 0.29) is 24.3 Å². The predicted molar refractivity (Wildman–Crippen MR) is 113 cm³/mol. The zero-order chi connectivity index (χ0) is 21.4. The van der Waals surface area contributed by atoms with E-state index in [0.29, 0.717) is 17.0 Å². The summed E-state index contributed by atoms with van der Waals surface area (Å²) < 4.78 is 5.01. The van der Waals surface area contributed by atoms with E-state index in [1.807, 2.05) is 39.0 Å². The first-order valence-electron chi connectivity index (χ1n) is 9.40. The van der Waals surface area contributed by atoms with Gasteiger partial charge in [0, 0.05) is 30.8 Å². The van der Waals surface area contributed by atoms with E-state index < -0.39 is 5.97 Å². The number of hydrogen-bond donors (Lipinski definition) is 2. The minimum Gasteiger partial charge on any atom is -0.427 e. The quantitative estimate of drug-likeness (QED) is 0.421. The van der Waals surface area contributed by atoms with E-state index in [0.717, 1.165) is 11.1 Å². The molecule has 0 aliphatic carbocycles. The molecule has 0 saturated carbocycles. The topological polar surface area (TPSA) is 84.5 Å². The molecule has 0 unspecified atom stereocenters. The van der Waals surface area contributed by atoms with Crippen molar-refractivity contribution in [2.75, 3.05) is 5.32 Å². The summed E-state index contributed by atoms with van der Waals surface area (Å²) in [5.74, 6) is -0.364. The molecule has 0 atom stereocenters. The van der Waals surface area contributed by atoms with Crippen molar-refractivity contribution in [3.63, 3.8) is 0 Å². The Balaban J connectivity index is 2.06. The van der Waals surface area contributed by atoms with Gasteiger partial charge in [0.1, 0.15) is 5.75 Å². The maximum absolute atomic E-state index is 12.5. The normalized spacial score (nSPS) is 11.1. The van der Waals surface area contributed by atoms with Gasteiger partial charge in [0.25, 0.3) is 5.91 Å². The zero-order valence-corrected chi connectivity index (χ0v) is 17.1. The van der Waals surface area contributed by atoms with Crippen molar-refractivity contribution in [3.05, 3.63) is 71.3 Å². The Hall–Kier alpha value is -3.41. The molecular formula is C23H26N2O4. The number of rotatable bonds is 7. The van der Waals surface area contributed by atoms with Gasteiger partial charge in [0.05, 0.1) is 0 Å². The molecule has 0 aromatic heterocycles. The highest BCUT2D eigenvalue weighted by molar-refractivity contribution is 6.00. The molecule has 6 heteroatoms. The van der Waals surface area contributed by atoms with Gasteiger partial charge in [-0.25, -0.2) is 0 Å². The maximum atomic E-state index is 12.5. The average molecular weight is 394 g/mol. The number of esters is 1. The van der Waals surface area contributed by atoms with Gasteiger partial charge >= 0.3 is 5.97 Å². The van der Waals surface area contributed by atoms with Crippen LogP contribution in [0.5, 0.6) is 5.75 Å². The van der Waals surface area contributed by atoms with Gasteiger partial charge in [-0.05, 0) is 42.7 Å². The Bertz CT molecular complexity index is 932. The van der Waals surface area contributed by atoms with Crippen LogP contribution in [0.3, 0.4) is 0 Å². The molecule has 0 saturated heterocycles. The molecule has 152 valence electrons. The molecule has 2 aromatic carbocycles. The predicted octanol–water partition coefficient (Wildman–Crippen LogP) is 4.08. The van der Waals surface area contributed by atoms with E-state index in [1.165, 1.54) is 13.0 Å². The summed E-state index contributed by atoms with van der Waals surface area (Å²) in [4.78, 5) is 35.8. The van der Waals surface area contributed by atoms with Crippen molar-refractivity contribution >= 4 is 23.5 Å². The lowest BCUT2D eigenvalue weighted by atomic mass is 10.1. The summed E-state index contributed by atoms with van der Waals surface area (Å²) in [7, 11) is 0. The van der Waals surface area contributed by atoms with Crippen LogP contribution in [-0.2, 0) is 16.1 Å². The van der Waals surface area contributed by atoms with Crippen LogP contribution in [0.15, 0.2) is 60.2 Å². The van der Waals surface area contributed by atoms with Crippen LogP contribution in [0, 0.1) is 5.92 Å². The number of carbonyl (C=O) groups excluding carboxylic acids is 3. The second-order valence-corrected chi connectivity index (χ2v) is 6.99. The van der Waals surface area contributed by atoms with Crippen molar-refractivity contribution in [3.8, 4) is 5.75 Å². The molecule has 0 radical (unpaired) electrons. The van der Waals surface area contributed by atoms with Crippen LogP contribution in [0.4, 0.5) is 5.69 Å². The number of ether oxygens (including phenoxy) is 1. The SMILES string of the molecule is CC(=O)Oc1cccc(C(=O)NCc2ccccc2NC(=O)/C=C(\C)C(C)C)c1. The van der Waals surface area contributed by atoms with E-state index in [2.05, 4.69) is 10.6 Å². The highest BCUT2D eigenvalue weighted by atomic mass is 16.5. The number of anilines is 1. The van der Waals surface area contributed by atoms with Gasteiger partial charge in [-0.2, -0.15) is 0 Å². The summed E-state index contributed by atoms with van der Waals surface area (Å²) >= 11 is 0. The molecule has 2 amide bonds. The van der Waals surface area contributed by atoms with Crippen molar-refractivity contribution in [2.24, 2.45) is 5.92 Å². The number of amides is 2. The molecule has 2 rings (SSSR count). The van der Waals surface area contributed by atoms with Crippen LogP contribution >= 0.6 is 0 Å². The Morgan fingerprint density at radius 3 is 2.45 bits per heavy atom. The van der Waals surface area contributed by atoms with Gasteiger partial charge in [0.15, 0.2) is 0 Å². The van der Waals surface area contributed by atoms with Crippen LogP contribution in [0.2, 0.25) is 0 Å². The lowest BCUT2D eigenvalue weighted by Gasteiger charge is -2.12. The van der Waals surface area contributed by atoms with Gasteiger partial charge in [-0.15, -0.1) is 0 Å². The summed E-state index contributed by atoms with van der Waals surface area (Å²) in [6.45, 7) is 7.51. The number of para-hydroxylation sites is 1. The fourth-order valence-electron chi connectivity index (χ4n) is 2.48. The van der Waals surface area contributed by atoms with Crippen molar-refractivity contribution < 1.29 is 19.1 Å². The summed E-state index contributed by atoms with van der Waals surface area (Å²) in [5, 5.41) is 5.69. The van der Waals surface area contributed by atoms with Crippen molar-refractivity contribution in [1.82, 2.24) is 5.32 Å². The third-order valence-corrected chi connectivity index (χ3v) is 4.34. The zero-order valence-electron chi connectivity index (χ0n) is 17.1. The molecule has 29 heavy (non-hydrogen) atoms. The molecule has 0 bridgehead atoms. The first kappa shape index (κ1) is 21.9. The lowest BCUT2D eigenvalue weighted by Crippen LogP contribution is -2.23. The van der Waals surface area contributed by atoms with Gasteiger partial charge in [-0.1, -0.05) is 43.7 Å². The Morgan fingerprint density at radius 1 is 1.03 bits per heavy atom. The van der Waals surface area contributed by atoms with Crippen molar-refractivity contribution in [2.45, 2.75) is 34.2 Å². The molecule has 2 N–H and O–H groups in total. The van der Waals surface area contributed by atoms with Crippen LogP contribution in [-0.4, -0.2) is 17.8 Å². The molecule has 6 nitrogen and oxygen atoms in total. The second-order valence-electron chi connectivity index (χ2n) is 6.99. The third-order valence-electron chi connectivity index (χ3n) is 4.34.